The van der Waals surface area contributed by atoms with Gasteiger partial charge >= 0.3 is 0 Å². The summed E-state index contributed by atoms with van der Waals surface area (Å²) < 4.78 is 36.8. The molecule has 0 saturated heterocycles. The lowest BCUT2D eigenvalue weighted by Crippen LogP contribution is -2.00. The first-order valence-electron chi connectivity index (χ1n) is 4.03. The highest BCUT2D eigenvalue weighted by molar-refractivity contribution is 7.79. The van der Waals surface area contributed by atoms with Crippen LogP contribution in [0.1, 0.15) is 0 Å². The van der Waals surface area contributed by atoms with E-state index in [1.807, 2.05) is 0 Å². The van der Waals surface area contributed by atoms with E-state index in [0.29, 0.717) is 5.75 Å². The third kappa shape index (κ3) is 2.40. The van der Waals surface area contributed by atoms with E-state index in [0.717, 1.165) is 0 Å². The molecule has 0 saturated carbocycles. The van der Waals surface area contributed by atoms with Crippen LogP contribution in [0.15, 0.2) is 17.0 Å². The van der Waals surface area contributed by atoms with Crippen LogP contribution in [-0.4, -0.2) is 30.1 Å². The number of ether oxygens (including phenoxy) is 3. The van der Waals surface area contributed by atoms with Crippen molar-refractivity contribution in [2.75, 3.05) is 21.3 Å². The molecule has 0 spiro atoms. The van der Waals surface area contributed by atoms with Gasteiger partial charge in [0.1, 0.15) is 22.1 Å². The summed E-state index contributed by atoms with van der Waals surface area (Å²) in [7, 11) is 4.23. The van der Waals surface area contributed by atoms with Gasteiger partial charge in [0.15, 0.2) is 0 Å². The van der Waals surface area contributed by atoms with Gasteiger partial charge < -0.3 is 18.8 Å². The normalized spacial score (nSPS) is 12.0. The van der Waals surface area contributed by atoms with E-state index in [-0.39, 0.29) is 16.4 Å². The average molecular weight is 231 g/mol. The van der Waals surface area contributed by atoms with Crippen molar-refractivity contribution in [3.05, 3.63) is 12.1 Å². The Morgan fingerprint density at radius 3 is 1.80 bits per heavy atom. The Labute approximate surface area is 90.2 Å². The van der Waals surface area contributed by atoms with Gasteiger partial charge in [0.25, 0.3) is 0 Å². The fourth-order valence-electron chi connectivity index (χ4n) is 1.14. The molecule has 1 rings (SSSR count). The molecule has 0 aliphatic heterocycles. The summed E-state index contributed by atoms with van der Waals surface area (Å²) >= 11 is -2.42. The van der Waals surface area contributed by atoms with Gasteiger partial charge in [0.05, 0.1) is 21.3 Å². The van der Waals surface area contributed by atoms with Crippen molar-refractivity contribution in [2.24, 2.45) is 0 Å². The zero-order chi connectivity index (χ0) is 11.4. The summed E-state index contributed by atoms with van der Waals surface area (Å²) in [5, 5.41) is 0. The number of methoxy groups -OCH3 is 3. The molecule has 0 amide bonds. The lowest BCUT2D eigenvalue weighted by Gasteiger charge is -2.16. The van der Waals surface area contributed by atoms with E-state index in [9.17, 15) is 8.76 Å². The molecule has 0 bridgehead atoms. The fraction of sp³-hybridized carbons (Fsp3) is 0.333. The molecule has 0 aliphatic carbocycles. The maximum atomic E-state index is 11.0. The second-order valence-corrected chi connectivity index (χ2v) is 3.47. The van der Waals surface area contributed by atoms with Gasteiger partial charge in [0.2, 0.25) is 0 Å². The minimum atomic E-state index is -2.42. The summed E-state index contributed by atoms with van der Waals surface area (Å²) in [5.41, 5.74) is 0. The smallest absolute Gasteiger partial charge is 0.141 e. The molecule has 0 aromatic heterocycles. The lowest BCUT2D eigenvalue weighted by atomic mass is 10.3. The number of benzene rings is 1. The van der Waals surface area contributed by atoms with Crippen molar-refractivity contribution in [1.82, 2.24) is 0 Å². The molecule has 15 heavy (non-hydrogen) atoms. The van der Waals surface area contributed by atoms with Gasteiger partial charge in [-0.3, -0.25) is 4.21 Å². The molecular weight excluding hydrogens is 220 g/mol. The Balaban J connectivity index is 3.39. The van der Waals surface area contributed by atoms with Crippen molar-refractivity contribution in [3.8, 4) is 17.2 Å². The Bertz CT molecular complexity index is 352. The van der Waals surface area contributed by atoms with Crippen molar-refractivity contribution in [3.63, 3.8) is 0 Å². The predicted octanol–water partition coefficient (Wildman–Crippen LogP) is 0.950. The molecule has 0 radical (unpaired) electrons. The average Bonchev–Trinajstić information content (AvgIpc) is 2.26. The highest BCUT2D eigenvalue weighted by atomic mass is 32.2. The first kappa shape index (κ1) is 11.8. The summed E-state index contributed by atoms with van der Waals surface area (Å²) in [6.45, 7) is 0. The first-order valence-corrected chi connectivity index (χ1v) is 5.10. The van der Waals surface area contributed by atoms with Crippen LogP contribution < -0.4 is 14.2 Å². The van der Waals surface area contributed by atoms with Crippen LogP contribution in [0, 0.1) is 0 Å². The van der Waals surface area contributed by atoms with E-state index in [1.54, 1.807) is 0 Å². The molecule has 5 nitrogen and oxygen atoms in total. The molecule has 1 unspecified atom stereocenters. The predicted molar refractivity (Wildman–Crippen MR) is 53.3 cm³/mol. The molecular formula is C9H11O5S-. The number of hydrogen-bond donors (Lipinski definition) is 0. The van der Waals surface area contributed by atoms with Gasteiger partial charge in [-0.2, -0.15) is 0 Å². The highest BCUT2D eigenvalue weighted by Gasteiger charge is 2.13. The highest BCUT2D eigenvalue weighted by Crippen LogP contribution is 2.35. The minimum Gasteiger partial charge on any atom is -0.768 e. The third-order valence-corrected chi connectivity index (χ3v) is 2.57. The van der Waals surface area contributed by atoms with E-state index in [4.69, 9.17) is 14.2 Å². The topological polar surface area (TPSA) is 67.8 Å². The van der Waals surface area contributed by atoms with Crippen molar-refractivity contribution in [1.29, 1.82) is 0 Å². The molecule has 1 aromatic carbocycles. The fourth-order valence-corrected chi connectivity index (χ4v) is 1.75. The quantitative estimate of drug-likeness (QED) is 0.722. The van der Waals surface area contributed by atoms with Crippen LogP contribution in [0.2, 0.25) is 0 Å². The molecule has 0 heterocycles. The molecule has 0 aliphatic rings. The molecule has 84 valence electrons. The maximum Gasteiger partial charge on any atom is 0.141 e. The standard InChI is InChI=1S/C9H12O5S/c1-12-6-4-7(13-2)9(15(10)11)8(5-6)14-3/h4-5H,1-3H3,(H,10,11)/p-1. The van der Waals surface area contributed by atoms with Crippen LogP contribution >= 0.6 is 0 Å². The van der Waals surface area contributed by atoms with Gasteiger partial charge in [-0.1, -0.05) is 0 Å². The SMILES string of the molecule is COc1cc(OC)c(S(=O)[O-])c(OC)c1. The zero-order valence-electron chi connectivity index (χ0n) is 8.60. The second kappa shape index (κ2) is 4.99. The number of hydrogen-bond acceptors (Lipinski definition) is 5. The molecule has 0 N–H and O–H groups in total. The van der Waals surface area contributed by atoms with Crippen LogP contribution in [0.3, 0.4) is 0 Å². The van der Waals surface area contributed by atoms with Gasteiger partial charge in [-0.05, 0) is 11.1 Å². The summed E-state index contributed by atoms with van der Waals surface area (Å²) in [6, 6.07) is 2.96. The van der Waals surface area contributed by atoms with Crippen molar-refractivity contribution >= 4 is 11.1 Å². The third-order valence-electron chi connectivity index (χ3n) is 1.84. The van der Waals surface area contributed by atoms with Gasteiger partial charge in [-0.25, -0.2) is 0 Å². The summed E-state index contributed by atoms with van der Waals surface area (Å²) in [5.74, 6) is 0.858. The van der Waals surface area contributed by atoms with Crippen LogP contribution in [-0.2, 0) is 11.1 Å². The summed E-state index contributed by atoms with van der Waals surface area (Å²) in [4.78, 5) is -0.0131. The van der Waals surface area contributed by atoms with Gasteiger partial charge in [0, 0.05) is 12.1 Å². The van der Waals surface area contributed by atoms with Crippen LogP contribution in [0.4, 0.5) is 0 Å². The molecule has 1 aromatic rings. The lowest BCUT2D eigenvalue weighted by molar-refractivity contribution is 0.358. The summed E-state index contributed by atoms with van der Waals surface area (Å²) in [6.07, 6.45) is 0. The Hall–Kier alpha value is -1.27. The second-order valence-electron chi connectivity index (χ2n) is 2.60. The van der Waals surface area contributed by atoms with Crippen molar-refractivity contribution in [2.45, 2.75) is 4.90 Å². The molecule has 0 fully saturated rings. The molecule has 6 heteroatoms. The van der Waals surface area contributed by atoms with E-state index < -0.39 is 11.1 Å². The van der Waals surface area contributed by atoms with Crippen molar-refractivity contribution < 1.29 is 23.0 Å². The Morgan fingerprint density at radius 1 is 1.07 bits per heavy atom. The molecule has 1 atom stereocenters. The zero-order valence-corrected chi connectivity index (χ0v) is 9.42. The number of rotatable bonds is 4. The van der Waals surface area contributed by atoms with Gasteiger partial charge in [-0.15, -0.1) is 0 Å². The van der Waals surface area contributed by atoms with E-state index in [2.05, 4.69) is 0 Å². The first-order chi connectivity index (χ1) is 7.13. The largest absolute Gasteiger partial charge is 0.768 e. The van der Waals surface area contributed by atoms with E-state index >= 15 is 0 Å². The van der Waals surface area contributed by atoms with E-state index in [1.165, 1.54) is 33.5 Å². The van der Waals surface area contributed by atoms with Crippen LogP contribution in [0.5, 0.6) is 17.2 Å². The monoisotopic (exact) mass is 231 g/mol. The van der Waals surface area contributed by atoms with Crippen LogP contribution in [0.25, 0.3) is 0 Å². The minimum absolute atomic E-state index is 0.0131. The Kier molecular flexibility index (Phi) is 3.93. The maximum absolute atomic E-state index is 11.0. The Morgan fingerprint density at radius 2 is 1.53 bits per heavy atom.